The highest BCUT2D eigenvalue weighted by atomic mass is 16.3. The van der Waals surface area contributed by atoms with Crippen LogP contribution in [0.1, 0.15) is 82.1 Å². The van der Waals surface area contributed by atoms with Gasteiger partial charge in [-0.3, -0.25) is 24.0 Å². The van der Waals surface area contributed by atoms with E-state index < -0.39 is 35.4 Å². The lowest BCUT2D eigenvalue weighted by Crippen LogP contribution is -2.63. The summed E-state index contributed by atoms with van der Waals surface area (Å²) in [4.78, 5) is 68.9. The third-order valence-corrected chi connectivity index (χ3v) is 9.87. The number of rotatable bonds is 13. The van der Waals surface area contributed by atoms with Gasteiger partial charge in [-0.25, -0.2) is 4.98 Å². The lowest BCUT2D eigenvalue weighted by Gasteiger charge is -2.62. The molecule has 0 aliphatic heterocycles. The van der Waals surface area contributed by atoms with Crippen molar-refractivity contribution >= 4 is 29.3 Å². The van der Waals surface area contributed by atoms with Crippen LogP contribution in [-0.4, -0.2) is 67.1 Å². The minimum Gasteiger partial charge on any atom is -0.383 e. The Labute approximate surface area is 262 Å². The number of carbonyl (C=O) groups is 4. The molecule has 13 heteroatoms. The molecular formula is C32H45N7O6. The monoisotopic (exact) mass is 623 g/mol. The van der Waals surface area contributed by atoms with Gasteiger partial charge in [-0.2, -0.15) is 0 Å². The number of aliphatic hydroxyl groups is 1. The molecule has 45 heavy (non-hydrogen) atoms. The van der Waals surface area contributed by atoms with Crippen molar-refractivity contribution in [2.24, 2.45) is 24.3 Å². The van der Waals surface area contributed by atoms with E-state index in [1.165, 1.54) is 48.6 Å². The fourth-order valence-corrected chi connectivity index (χ4v) is 8.26. The first kappa shape index (κ1) is 32.4. The van der Waals surface area contributed by atoms with Gasteiger partial charge in [0.15, 0.2) is 0 Å². The Morgan fingerprint density at radius 3 is 2.47 bits per heavy atom. The van der Waals surface area contributed by atoms with Crippen LogP contribution in [0.2, 0.25) is 0 Å². The maximum atomic E-state index is 13.4. The Hall–Kier alpha value is -4.00. The second-order valence-electron chi connectivity index (χ2n) is 13.4. The first-order chi connectivity index (χ1) is 21.4. The Morgan fingerprint density at radius 2 is 1.82 bits per heavy atom. The molecule has 4 aliphatic carbocycles. The second kappa shape index (κ2) is 13.2. The molecule has 6 rings (SSSR count). The number of anilines is 1. The predicted molar refractivity (Wildman–Crippen MR) is 166 cm³/mol. The smallest absolute Gasteiger partial charge is 0.274 e. The van der Waals surface area contributed by atoms with E-state index in [4.69, 9.17) is 0 Å². The SMILES string of the molecule is CCNC(=O)C(O)CC[C@H](NC(=O)c1cn(C)cn1)C(=O)Nc1cccn(CC(=O)NC23CC4CC(CC(CC)(C4)C2)C3)c1=O. The van der Waals surface area contributed by atoms with E-state index in [1.807, 2.05) is 0 Å². The van der Waals surface area contributed by atoms with Crippen LogP contribution in [0.3, 0.4) is 0 Å². The Morgan fingerprint density at radius 1 is 1.09 bits per heavy atom. The molecule has 2 aromatic heterocycles. The molecule has 0 aromatic carbocycles. The van der Waals surface area contributed by atoms with Gasteiger partial charge in [0.2, 0.25) is 17.7 Å². The number of aromatic nitrogens is 3. The van der Waals surface area contributed by atoms with E-state index in [0.717, 1.165) is 25.7 Å². The van der Waals surface area contributed by atoms with Gasteiger partial charge in [-0.15, -0.1) is 0 Å². The van der Waals surface area contributed by atoms with Gasteiger partial charge in [0.1, 0.15) is 30.1 Å². The zero-order chi connectivity index (χ0) is 32.4. The average Bonchev–Trinajstić information content (AvgIpc) is 3.42. The van der Waals surface area contributed by atoms with Gasteiger partial charge in [0, 0.05) is 31.5 Å². The first-order valence-electron chi connectivity index (χ1n) is 16.0. The van der Waals surface area contributed by atoms with Crippen molar-refractivity contribution in [3.05, 3.63) is 46.9 Å². The van der Waals surface area contributed by atoms with Gasteiger partial charge in [-0.1, -0.05) is 13.3 Å². The third-order valence-electron chi connectivity index (χ3n) is 9.87. The van der Waals surface area contributed by atoms with E-state index in [2.05, 4.69) is 33.2 Å². The summed E-state index contributed by atoms with van der Waals surface area (Å²) in [6, 6.07) is 1.81. The van der Waals surface area contributed by atoms with Crippen LogP contribution in [0.25, 0.3) is 0 Å². The molecule has 0 spiro atoms. The summed E-state index contributed by atoms with van der Waals surface area (Å²) in [5.74, 6) is -0.869. The summed E-state index contributed by atoms with van der Waals surface area (Å²) in [5.41, 5.74) is -0.456. The lowest BCUT2D eigenvalue weighted by molar-refractivity contribution is -0.132. The summed E-state index contributed by atoms with van der Waals surface area (Å²) < 4.78 is 2.85. The number of nitrogens with one attached hydrogen (secondary N) is 4. The first-order valence-corrected chi connectivity index (χ1v) is 16.0. The topological polar surface area (TPSA) is 176 Å². The maximum absolute atomic E-state index is 13.4. The Bertz CT molecular complexity index is 1480. The molecule has 5 N–H and O–H groups in total. The number of hydrogen-bond acceptors (Lipinski definition) is 7. The average molecular weight is 624 g/mol. The van der Waals surface area contributed by atoms with Crippen LogP contribution in [0.5, 0.6) is 0 Å². The fourth-order valence-electron chi connectivity index (χ4n) is 8.26. The molecule has 4 aliphatic rings. The lowest BCUT2D eigenvalue weighted by atomic mass is 9.46. The van der Waals surface area contributed by atoms with Crippen LogP contribution >= 0.6 is 0 Å². The van der Waals surface area contributed by atoms with Gasteiger partial charge in [-0.05, 0) is 87.7 Å². The summed E-state index contributed by atoms with van der Waals surface area (Å²) in [6.45, 7) is 4.12. The third kappa shape index (κ3) is 7.29. The fraction of sp³-hybridized carbons (Fsp3) is 0.625. The zero-order valence-corrected chi connectivity index (χ0v) is 26.3. The summed E-state index contributed by atoms with van der Waals surface area (Å²) in [6.07, 6.45) is 10.7. The molecule has 244 valence electrons. The van der Waals surface area contributed by atoms with Gasteiger partial charge >= 0.3 is 0 Å². The number of amides is 4. The minimum atomic E-state index is -1.39. The van der Waals surface area contributed by atoms with Crippen molar-refractivity contribution in [3.8, 4) is 0 Å². The standard InChI is InChI=1S/C32H45N7O6/c1-4-31-12-20-11-21(13-31)15-32(14-20,18-31)37-26(41)17-39-10-6-7-23(30(39)45)36-27(42)22(8-9-25(40)29(44)33-5-2)35-28(43)24-16-38(3)19-34-24/h6-7,10,16,19-22,25,40H,4-5,8-9,11-15,17-18H2,1-3H3,(H,33,44)(H,35,43)(H,36,42)(H,37,41)/t20?,21?,22-,25?,31?,32?/m0/s1. The van der Waals surface area contributed by atoms with E-state index in [9.17, 15) is 29.1 Å². The van der Waals surface area contributed by atoms with Crippen LogP contribution in [0, 0.1) is 17.3 Å². The van der Waals surface area contributed by atoms with Crippen molar-refractivity contribution in [2.75, 3.05) is 11.9 Å². The minimum absolute atomic E-state index is 0.0589. The van der Waals surface area contributed by atoms with Crippen molar-refractivity contribution in [1.82, 2.24) is 30.1 Å². The van der Waals surface area contributed by atoms with Crippen molar-refractivity contribution in [1.29, 1.82) is 0 Å². The number of imidazole rings is 1. The number of nitrogens with zero attached hydrogens (tertiary/aromatic N) is 3. The summed E-state index contributed by atoms with van der Waals surface area (Å²) in [5, 5.41) is 21.3. The van der Waals surface area contributed by atoms with Gasteiger partial charge < -0.3 is 35.5 Å². The van der Waals surface area contributed by atoms with E-state index in [-0.39, 0.29) is 42.2 Å². The van der Waals surface area contributed by atoms with Crippen LogP contribution < -0.4 is 26.8 Å². The zero-order valence-electron chi connectivity index (χ0n) is 26.3. The number of hydrogen-bond donors (Lipinski definition) is 5. The number of carbonyl (C=O) groups excluding carboxylic acids is 4. The van der Waals surface area contributed by atoms with Gasteiger partial charge in [0.05, 0.1) is 6.33 Å². The highest BCUT2D eigenvalue weighted by Gasteiger charge is 2.57. The van der Waals surface area contributed by atoms with Crippen LogP contribution in [-0.2, 0) is 28.0 Å². The highest BCUT2D eigenvalue weighted by Crippen LogP contribution is 2.62. The maximum Gasteiger partial charge on any atom is 0.274 e. The number of aliphatic hydroxyl groups excluding tert-OH is 1. The normalized spacial score (nSPS) is 26.1. The summed E-state index contributed by atoms with van der Waals surface area (Å²) in [7, 11) is 1.70. The van der Waals surface area contributed by atoms with Crippen molar-refractivity contribution < 1.29 is 24.3 Å². The molecule has 4 amide bonds. The van der Waals surface area contributed by atoms with E-state index >= 15 is 0 Å². The molecular weight excluding hydrogens is 578 g/mol. The van der Waals surface area contributed by atoms with E-state index in [0.29, 0.717) is 23.8 Å². The molecule has 4 bridgehead atoms. The Balaban J connectivity index is 1.26. The second-order valence-corrected chi connectivity index (χ2v) is 13.4. The Kier molecular flexibility index (Phi) is 9.47. The largest absolute Gasteiger partial charge is 0.383 e. The highest BCUT2D eigenvalue weighted by molar-refractivity contribution is 6.00. The molecule has 13 nitrogen and oxygen atoms in total. The molecule has 4 atom stereocenters. The number of aryl methyl sites for hydroxylation is 1. The van der Waals surface area contributed by atoms with Crippen LogP contribution in [0.4, 0.5) is 5.69 Å². The van der Waals surface area contributed by atoms with Crippen molar-refractivity contribution in [3.63, 3.8) is 0 Å². The predicted octanol–water partition coefficient (Wildman–Crippen LogP) is 1.46. The molecule has 3 unspecified atom stereocenters. The quantitative estimate of drug-likeness (QED) is 0.224. The summed E-state index contributed by atoms with van der Waals surface area (Å²) >= 11 is 0. The van der Waals surface area contributed by atoms with Crippen molar-refractivity contribution in [2.45, 2.75) is 95.9 Å². The van der Waals surface area contributed by atoms with E-state index in [1.54, 1.807) is 24.6 Å². The molecule has 2 aromatic rings. The molecule has 2 heterocycles. The molecule has 0 saturated heterocycles. The van der Waals surface area contributed by atoms with Crippen LogP contribution in [0.15, 0.2) is 35.6 Å². The molecule has 4 fully saturated rings. The van der Waals surface area contributed by atoms with Gasteiger partial charge in [0.25, 0.3) is 11.5 Å². The number of likely N-dealkylation sites (N-methyl/N-ethyl adjacent to an activating group) is 1. The molecule has 0 radical (unpaired) electrons. The molecule has 4 saturated carbocycles. The number of pyridine rings is 1.